The lowest BCUT2D eigenvalue weighted by molar-refractivity contribution is 0.259. The Morgan fingerprint density at radius 3 is 2.53 bits per heavy atom. The van der Waals surface area contributed by atoms with Gasteiger partial charge in [-0.3, -0.25) is 0 Å². The molecule has 0 radical (unpaired) electrons. The van der Waals surface area contributed by atoms with Crippen molar-refractivity contribution in [3.63, 3.8) is 0 Å². The molecule has 1 atom stereocenters. The van der Waals surface area contributed by atoms with Crippen LogP contribution in [0.4, 0.5) is 0 Å². The molecule has 1 saturated heterocycles. The number of rotatable bonds is 6. The van der Waals surface area contributed by atoms with Crippen molar-refractivity contribution >= 4 is 19.9 Å². The van der Waals surface area contributed by atoms with Gasteiger partial charge in [0.25, 0.3) is 0 Å². The average molecular weight is 283 g/mol. The van der Waals surface area contributed by atoms with Crippen molar-refractivity contribution in [2.45, 2.75) is 11.7 Å². The van der Waals surface area contributed by atoms with Crippen LogP contribution in [0.1, 0.15) is 6.42 Å². The van der Waals surface area contributed by atoms with Crippen LogP contribution in [-0.4, -0.2) is 62.7 Å². The summed E-state index contributed by atoms with van der Waals surface area (Å²) in [5.74, 6) is -0.410. The molecule has 1 unspecified atom stereocenters. The van der Waals surface area contributed by atoms with E-state index in [9.17, 15) is 16.8 Å². The predicted molar refractivity (Wildman–Crippen MR) is 64.8 cm³/mol. The fraction of sp³-hybridized carbons (Fsp3) is 0.778. The average Bonchev–Trinajstić information content (AvgIpc) is 2.59. The molecule has 1 aliphatic heterocycles. The predicted octanol–water partition coefficient (Wildman–Crippen LogP) is -1.02. The monoisotopic (exact) mass is 283 g/mol. The van der Waals surface area contributed by atoms with Crippen molar-refractivity contribution in [2.24, 2.45) is 0 Å². The van der Waals surface area contributed by atoms with E-state index in [1.807, 2.05) is 0 Å². The smallest absolute Gasteiger partial charge is 0.218 e. The number of hydrogen-bond acceptors (Lipinski definition) is 5. The second kappa shape index (κ2) is 5.47. The molecule has 6 nitrogen and oxygen atoms in total. The van der Waals surface area contributed by atoms with Gasteiger partial charge in [-0.05, 0) is 6.42 Å². The summed E-state index contributed by atoms with van der Waals surface area (Å²) in [4.78, 5) is 0. The molecule has 0 bridgehead atoms. The summed E-state index contributed by atoms with van der Waals surface area (Å²) in [7, 11) is -6.91. The van der Waals surface area contributed by atoms with Gasteiger partial charge in [-0.15, -0.1) is 6.58 Å². The van der Waals surface area contributed by atoms with E-state index in [2.05, 4.69) is 6.58 Å². The zero-order valence-electron chi connectivity index (χ0n) is 9.45. The molecule has 1 heterocycles. The summed E-state index contributed by atoms with van der Waals surface area (Å²) in [6, 6.07) is 0. The molecule has 100 valence electrons. The minimum atomic E-state index is -3.67. The third-order valence-corrected chi connectivity index (χ3v) is 6.93. The van der Waals surface area contributed by atoms with Crippen molar-refractivity contribution in [3.05, 3.63) is 12.7 Å². The minimum Gasteiger partial charge on any atom is -0.395 e. The third kappa shape index (κ3) is 3.51. The van der Waals surface area contributed by atoms with E-state index in [0.29, 0.717) is 0 Å². The largest absolute Gasteiger partial charge is 0.395 e. The van der Waals surface area contributed by atoms with E-state index in [1.54, 1.807) is 0 Å². The Morgan fingerprint density at radius 1 is 1.47 bits per heavy atom. The second-order valence-electron chi connectivity index (χ2n) is 3.94. The van der Waals surface area contributed by atoms with Crippen molar-refractivity contribution in [1.82, 2.24) is 4.31 Å². The van der Waals surface area contributed by atoms with Gasteiger partial charge in [0.2, 0.25) is 10.0 Å². The zero-order valence-corrected chi connectivity index (χ0v) is 11.1. The minimum absolute atomic E-state index is 0.0368. The Kier molecular flexibility index (Phi) is 4.70. The Labute approximate surface area is 102 Å². The maximum absolute atomic E-state index is 12.1. The molecular formula is C9H17NO5S2. The maximum Gasteiger partial charge on any atom is 0.218 e. The number of sulfonamides is 1. The van der Waals surface area contributed by atoms with Crippen molar-refractivity contribution in [1.29, 1.82) is 0 Å². The van der Waals surface area contributed by atoms with Crippen LogP contribution in [0.5, 0.6) is 0 Å². The highest BCUT2D eigenvalue weighted by molar-refractivity contribution is 7.95. The normalized spacial score (nSPS) is 24.0. The molecule has 1 N–H and O–H groups in total. The molecule has 1 rings (SSSR count). The molecule has 1 fully saturated rings. The van der Waals surface area contributed by atoms with Crippen LogP contribution in [-0.2, 0) is 19.9 Å². The first-order valence-corrected chi connectivity index (χ1v) is 8.57. The Bertz CT molecular complexity index is 468. The Morgan fingerprint density at radius 2 is 2.12 bits per heavy atom. The lowest BCUT2D eigenvalue weighted by atomic mass is 10.4. The highest BCUT2D eigenvalue weighted by Crippen LogP contribution is 2.21. The van der Waals surface area contributed by atoms with Crippen molar-refractivity contribution < 1.29 is 21.9 Å². The zero-order chi connectivity index (χ0) is 13.1. The number of sulfone groups is 1. The fourth-order valence-corrected chi connectivity index (χ4v) is 6.27. The quantitative estimate of drug-likeness (QED) is 0.630. The molecule has 8 heteroatoms. The van der Waals surface area contributed by atoms with Gasteiger partial charge in [0, 0.05) is 13.1 Å². The standard InChI is InChI=1S/C9H17NO5S2/c1-2-4-10(5-6-11)17(14,15)9-3-7-16(12,13)8-9/h2,9,11H,1,3-8H2. The van der Waals surface area contributed by atoms with E-state index in [1.165, 1.54) is 6.08 Å². The first-order valence-electron chi connectivity index (χ1n) is 5.24. The molecule has 0 aromatic carbocycles. The summed E-state index contributed by atoms with van der Waals surface area (Å²) in [6.07, 6.45) is 1.54. The lowest BCUT2D eigenvalue weighted by Crippen LogP contribution is -2.41. The molecule has 0 amide bonds. The van der Waals surface area contributed by atoms with Crippen LogP contribution in [0, 0.1) is 0 Å². The summed E-state index contributed by atoms with van der Waals surface area (Å²) < 4.78 is 47.8. The van der Waals surface area contributed by atoms with Gasteiger partial charge in [-0.25, -0.2) is 16.8 Å². The second-order valence-corrected chi connectivity index (χ2v) is 8.38. The number of hydrogen-bond donors (Lipinski definition) is 1. The molecule has 0 saturated carbocycles. The summed E-state index contributed by atoms with van der Waals surface area (Å²) in [6.45, 7) is 3.19. The van der Waals surface area contributed by atoms with E-state index in [0.717, 1.165) is 4.31 Å². The van der Waals surface area contributed by atoms with Gasteiger partial charge in [-0.2, -0.15) is 4.31 Å². The maximum atomic E-state index is 12.1. The van der Waals surface area contributed by atoms with Gasteiger partial charge >= 0.3 is 0 Å². The fourth-order valence-electron chi connectivity index (χ4n) is 1.78. The van der Waals surface area contributed by atoms with Gasteiger partial charge in [-0.1, -0.05) is 6.08 Å². The van der Waals surface area contributed by atoms with E-state index >= 15 is 0 Å². The first kappa shape index (κ1) is 14.6. The lowest BCUT2D eigenvalue weighted by Gasteiger charge is -2.22. The van der Waals surface area contributed by atoms with Crippen molar-refractivity contribution in [3.8, 4) is 0 Å². The summed E-state index contributed by atoms with van der Waals surface area (Å²) in [5, 5.41) is 7.92. The van der Waals surface area contributed by atoms with E-state index in [-0.39, 0.29) is 37.6 Å². The van der Waals surface area contributed by atoms with Crippen LogP contribution in [0.15, 0.2) is 12.7 Å². The van der Waals surface area contributed by atoms with Crippen LogP contribution < -0.4 is 0 Å². The van der Waals surface area contributed by atoms with Crippen LogP contribution in [0.25, 0.3) is 0 Å². The summed E-state index contributed by atoms with van der Waals surface area (Å²) >= 11 is 0. The molecule has 17 heavy (non-hydrogen) atoms. The van der Waals surface area contributed by atoms with Crippen LogP contribution in [0.3, 0.4) is 0 Å². The SMILES string of the molecule is C=CCN(CCO)S(=O)(=O)C1CCS(=O)(=O)C1. The Balaban J connectivity index is 2.89. The number of aliphatic hydroxyl groups is 1. The number of aliphatic hydroxyl groups excluding tert-OH is 1. The molecule has 0 aliphatic carbocycles. The van der Waals surface area contributed by atoms with E-state index in [4.69, 9.17) is 5.11 Å². The molecule has 1 aliphatic rings. The van der Waals surface area contributed by atoms with Crippen molar-refractivity contribution in [2.75, 3.05) is 31.2 Å². The van der Waals surface area contributed by atoms with Crippen LogP contribution in [0.2, 0.25) is 0 Å². The highest BCUT2D eigenvalue weighted by atomic mass is 32.2. The number of nitrogens with zero attached hydrogens (tertiary/aromatic N) is 1. The summed E-state index contributed by atoms with van der Waals surface area (Å²) in [5.41, 5.74) is 0. The topological polar surface area (TPSA) is 91.8 Å². The Hall–Kier alpha value is -0.440. The van der Waals surface area contributed by atoms with Gasteiger partial charge in [0.1, 0.15) is 0 Å². The molecule has 0 aromatic heterocycles. The van der Waals surface area contributed by atoms with Crippen LogP contribution >= 0.6 is 0 Å². The molecular weight excluding hydrogens is 266 g/mol. The molecule has 0 aromatic rings. The van der Waals surface area contributed by atoms with E-state index < -0.39 is 25.1 Å². The van der Waals surface area contributed by atoms with Gasteiger partial charge in [0.05, 0.1) is 23.4 Å². The highest BCUT2D eigenvalue weighted by Gasteiger charge is 2.39. The third-order valence-electron chi connectivity index (χ3n) is 2.65. The molecule has 0 spiro atoms. The van der Waals surface area contributed by atoms with Gasteiger partial charge < -0.3 is 5.11 Å². The first-order chi connectivity index (χ1) is 7.83. The van der Waals surface area contributed by atoms with Gasteiger partial charge in [0.15, 0.2) is 9.84 Å².